The molecule has 0 aliphatic heterocycles. The molecule has 1 fully saturated rings. The van der Waals surface area contributed by atoms with Crippen LogP contribution in [0.4, 0.5) is 14.5 Å². The summed E-state index contributed by atoms with van der Waals surface area (Å²) in [6, 6.07) is 6.07. The van der Waals surface area contributed by atoms with Gasteiger partial charge in [-0.1, -0.05) is 12.1 Å². The number of hydrogen-bond donors (Lipinski definition) is 1. The van der Waals surface area contributed by atoms with Gasteiger partial charge in [0, 0.05) is 19.6 Å². The second kappa shape index (κ2) is 5.65. The topological polar surface area (TPSA) is 63.4 Å². The zero-order valence-corrected chi connectivity index (χ0v) is 12.0. The number of alkyl halides is 2. The van der Waals surface area contributed by atoms with Crippen molar-refractivity contribution < 1.29 is 17.2 Å². The highest BCUT2D eigenvalue weighted by Gasteiger charge is 2.32. The molecule has 0 amide bonds. The standard InChI is InChI=1S/C13H18F2N2O2S/c1-17(8-9-6-10(16)7-9)11-4-2-3-5-12(11)20(18,19)13(14)15/h2-5,9-10,13H,6-8,16H2,1H3. The third-order valence-corrected chi connectivity index (χ3v) is 5.05. The molecule has 0 saturated heterocycles. The first-order valence-electron chi connectivity index (χ1n) is 6.40. The molecule has 1 aliphatic carbocycles. The van der Waals surface area contributed by atoms with Crippen LogP contribution < -0.4 is 10.6 Å². The second-order valence-corrected chi connectivity index (χ2v) is 7.14. The van der Waals surface area contributed by atoms with Gasteiger partial charge in [0.15, 0.2) is 0 Å². The van der Waals surface area contributed by atoms with E-state index in [-0.39, 0.29) is 10.9 Å². The van der Waals surface area contributed by atoms with E-state index in [1.807, 2.05) is 0 Å². The van der Waals surface area contributed by atoms with Gasteiger partial charge in [0.25, 0.3) is 0 Å². The quantitative estimate of drug-likeness (QED) is 0.902. The van der Waals surface area contributed by atoms with E-state index in [2.05, 4.69) is 0 Å². The molecule has 0 atom stereocenters. The molecule has 0 bridgehead atoms. The minimum Gasteiger partial charge on any atom is -0.373 e. The lowest BCUT2D eigenvalue weighted by molar-refractivity contribution is 0.234. The van der Waals surface area contributed by atoms with E-state index >= 15 is 0 Å². The molecule has 1 aromatic carbocycles. The van der Waals surface area contributed by atoms with Crippen LogP contribution in [-0.2, 0) is 9.84 Å². The van der Waals surface area contributed by atoms with Gasteiger partial charge in [0.05, 0.1) is 10.6 Å². The molecule has 4 nitrogen and oxygen atoms in total. The molecular formula is C13H18F2N2O2S. The number of para-hydroxylation sites is 1. The zero-order valence-electron chi connectivity index (χ0n) is 11.2. The minimum atomic E-state index is -4.59. The number of nitrogens with zero attached hydrogens (tertiary/aromatic N) is 1. The maximum absolute atomic E-state index is 12.7. The van der Waals surface area contributed by atoms with Crippen LogP contribution in [0.1, 0.15) is 12.8 Å². The van der Waals surface area contributed by atoms with E-state index in [1.165, 1.54) is 12.1 Å². The molecule has 20 heavy (non-hydrogen) atoms. The van der Waals surface area contributed by atoms with Gasteiger partial charge in [0.1, 0.15) is 0 Å². The number of sulfone groups is 1. The normalized spacial score (nSPS) is 22.6. The maximum Gasteiger partial charge on any atom is 0.341 e. The third kappa shape index (κ3) is 2.93. The van der Waals surface area contributed by atoms with Crippen LogP contribution in [0.5, 0.6) is 0 Å². The number of anilines is 1. The van der Waals surface area contributed by atoms with Crippen molar-refractivity contribution in [3.05, 3.63) is 24.3 Å². The van der Waals surface area contributed by atoms with Crippen molar-refractivity contribution >= 4 is 15.5 Å². The van der Waals surface area contributed by atoms with Crippen molar-refractivity contribution in [1.82, 2.24) is 0 Å². The summed E-state index contributed by atoms with van der Waals surface area (Å²) >= 11 is 0. The zero-order chi connectivity index (χ0) is 14.9. The van der Waals surface area contributed by atoms with E-state index < -0.39 is 15.6 Å². The molecular weight excluding hydrogens is 286 g/mol. The Morgan fingerprint density at radius 2 is 1.95 bits per heavy atom. The van der Waals surface area contributed by atoms with E-state index in [0.29, 0.717) is 18.2 Å². The molecule has 7 heteroatoms. The molecule has 0 radical (unpaired) electrons. The molecule has 2 N–H and O–H groups in total. The van der Waals surface area contributed by atoms with Gasteiger partial charge in [-0.2, -0.15) is 8.78 Å². The number of nitrogens with two attached hydrogens (primary N) is 1. The number of rotatable bonds is 5. The van der Waals surface area contributed by atoms with Gasteiger partial charge in [-0.05, 0) is 30.9 Å². The summed E-state index contributed by atoms with van der Waals surface area (Å²) in [4.78, 5) is 1.40. The van der Waals surface area contributed by atoms with E-state index in [9.17, 15) is 17.2 Å². The van der Waals surface area contributed by atoms with Crippen molar-refractivity contribution in [3.63, 3.8) is 0 Å². The number of hydrogen-bond acceptors (Lipinski definition) is 4. The molecule has 0 heterocycles. The van der Waals surface area contributed by atoms with Gasteiger partial charge in [-0.25, -0.2) is 8.42 Å². The molecule has 0 unspecified atom stereocenters. The van der Waals surface area contributed by atoms with Gasteiger partial charge in [-0.3, -0.25) is 0 Å². The van der Waals surface area contributed by atoms with Crippen LogP contribution >= 0.6 is 0 Å². The highest BCUT2D eigenvalue weighted by atomic mass is 32.2. The van der Waals surface area contributed by atoms with Crippen LogP contribution in [-0.4, -0.2) is 33.8 Å². The second-order valence-electron chi connectivity index (χ2n) is 5.25. The Bertz CT molecular complexity index is 571. The number of benzene rings is 1. The summed E-state index contributed by atoms with van der Waals surface area (Å²) in [5, 5.41) is 0. The van der Waals surface area contributed by atoms with Crippen molar-refractivity contribution in [2.45, 2.75) is 29.5 Å². The highest BCUT2D eigenvalue weighted by Crippen LogP contribution is 2.32. The summed E-state index contributed by atoms with van der Waals surface area (Å²) in [7, 11) is -2.88. The van der Waals surface area contributed by atoms with Crippen LogP contribution in [0.15, 0.2) is 29.2 Å². The Kier molecular flexibility index (Phi) is 4.29. The third-order valence-electron chi connectivity index (χ3n) is 3.62. The Hall–Kier alpha value is -1.21. The first-order valence-corrected chi connectivity index (χ1v) is 7.94. The fraction of sp³-hybridized carbons (Fsp3) is 0.538. The first kappa shape index (κ1) is 15.2. The Balaban J connectivity index is 2.23. The predicted octanol–water partition coefficient (Wildman–Crippen LogP) is 1.86. The van der Waals surface area contributed by atoms with E-state index in [4.69, 9.17) is 5.73 Å². The SMILES string of the molecule is CN(CC1CC(N)C1)c1ccccc1S(=O)(=O)C(F)F. The minimum absolute atomic E-state index is 0.202. The van der Waals surface area contributed by atoms with E-state index in [0.717, 1.165) is 12.8 Å². The fourth-order valence-corrected chi connectivity index (χ4v) is 3.51. The van der Waals surface area contributed by atoms with Crippen molar-refractivity contribution in [1.29, 1.82) is 0 Å². The summed E-state index contributed by atoms with van der Waals surface area (Å²) in [5.74, 6) is -3.02. The Morgan fingerprint density at radius 3 is 2.50 bits per heavy atom. The molecule has 1 aromatic rings. The molecule has 0 aromatic heterocycles. The summed E-state index contributed by atoms with van der Waals surface area (Å²) < 4.78 is 48.8. The Labute approximate surface area is 117 Å². The number of halogens is 2. The monoisotopic (exact) mass is 304 g/mol. The van der Waals surface area contributed by atoms with Gasteiger partial charge in [0.2, 0.25) is 9.84 Å². The first-order chi connectivity index (χ1) is 9.32. The molecule has 0 spiro atoms. The lowest BCUT2D eigenvalue weighted by Gasteiger charge is -2.36. The van der Waals surface area contributed by atoms with Crippen LogP contribution in [0.2, 0.25) is 0 Å². The fourth-order valence-electron chi connectivity index (χ4n) is 2.53. The van der Waals surface area contributed by atoms with Gasteiger partial charge in [-0.15, -0.1) is 0 Å². The van der Waals surface area contributed by atoms with Gasteiger partial charge < -0.3 is 10.6 Å². The lowest BCUT2D eigenvalue weighted by atomic mass is 9.80. The van der Waals surface area contributed by atoms with Gasteiger partial charge >= 0.3 is 5.76 Å². The maximum atomic E-state index is 12.7. The van der Waals surface area contributed by atoms with Crippen LogP contribution in [0.25, 0.3) is 0 Å². The summed E-state index contributed by atoms with van der Waals surface area (Å²) in [6.45, 7) is 0.615. The van der Waals surface area contributed by atoms with E-state index in [1.54, 1.807) is 24.1 Å². The average Bonchev–Trinajstić information content (AvgIpc) is 2.36. The molecule has 1 aliphatic rings. The molecule has 2 rings (SSSR count). The molecule has 1 saturated carbocycles. The van der Waals surface area contributed by atoms with Crippen LogP contribution in [0, 0.1) is 5.92 Å². The average molecular weight is 304 g/mol. The summed E-state index contributed by atoms with van der Waals surface area (Å²) in [5.41, 5.74) is 6.02. The largest absolute Gasteiger partial charge is 0.373 e. The van der Waals surface area contributed by atoms with Crippen molar-refractivity contribution in [2.24, 2.45) is 11.7 Å². The van der Waals surface area contributed by atoms with Crippen molar-refractivity contribution in [2.75, 3.05) is 18.5 Å². The highest BCUT2D eigenvalue weighted by molar-refractivity contribution is 7.91. The molecule has 112 valence electrons. The Morgan fingerprint density at radius 1 is 1.35 bits per heavy atom. The van der Waals surface area contributed by atoms with Crippen LogP contribution in [0.3, 0.4) is 0 Å². The predicted molar refractivity (Wildman–Crippen MR) is 73.6 cm³/mol. The van der Waals surface area contributed by atoms with Crippen molar-refractivity contribution in [3.8, 4) is 0 Å². The smallest absolute Gasteiger partial charge is 0.341 e. The lowest BCUT2D eigenvalue weighted by Crippen LogP contribution is -2.42. The summed E-state index contributed by atoms with van der Waals surface area (Å²) in [6.07, 6.45) is 1.77.